The highest BCUT2D eigenvalue weighted by Crippen LogP contribution is 2.45. The van der Waals surface area contributed by atoms with E-state index in [-0.39, 0.29) is 41.2 Å². The molecular formula is C32H60N2O9. The summed E-state index contributed by atoms with van der Waals surface area (Å²) in [6, 6.07) is -0.543. The maximum atomic E-state index is 12.3. The molecule has 1 N–H and O–H groups in total. The highest BCUT2D eigenvalue weighted by atomic mass is 16.7. The molecule has 43 heavy (non-hydrogen) atoms. The Kier molecular flexibility index (Phi) is 12.3. The van der Waals surface area contributed by atoms with E-state index in [9.17, 15) is 9.59 Å². The van der Waals surface area contributed by atoms with Crippen LogP contribution < -0.4 is 5.32 Å². The molecule has 0 spiro atoms. The van der Waals surface area contributed by atoms with Crippen molar-refractivity contribution in [2.45, 2.75) is 168 Å². The number of ether oxygens (including phenoxy) is 7. The number of hydrogen-bond acceptors (Lipinski definition) is 9. The Bertz CT molecular complexity index is 931. The molecule has 7 atom stereocenters. The number of carbonyl (C=O) groups is 2. The summed E-state index contributed by atoms with van der Waals surface area (Å²) in [6.07, 6.45) is -0.0987. The van der Waals surface area contributed by atoms with Crippen molar-refractivity contribution in [2.75, 3.05) is 26.9 Å². The molecule has 3 heterocycles. The summed E-state index contributed by atoms with van der Waals surface area (Å²) in [5.74, 6) is -0.432. The van der Waals surface area contributed by atoms with Crippen molar-refractivity contribution in [2.24, 2.45) is 0 Å². The first-order chi connectivity index (χ1) is 19.3. The third-order valence-corrected chi connectivity index (χ3v) is 6.82. The zero-order chi connectivity index (χ0) is 33.2. The molecule has 0 aliphatic carbocycles. The zero-order valence-electron chi connectivity index (χ0n) is 29.4. The van der Waals surface area contributed by atoms with Crippen LogP contribution in [0.4, 0.5) is 4.79 Å². The summed E-state index contributed by atoms with van der Waals surface area (Å²) in [7, 11) is 1.57. The van der Waals surface area contributed by atoms with Gasteiger partial charge in [0.2, 0.25) is 5.91 Å². The van der Waals surface area contributed by atoms with E-state index in [1.165, 1.54) is 11.8 Å². The first-order valence-electron chi connectivity index (χ1n) is 15.4. The normalized spacial score (nSPS) is 31.0. The van der Waals surface area contributed by atoms with E-state index in [1.54, 1.807) is 7.05 Å². The van der Waals surface area contributed by atoms with Gasteiger partial charge in [0.1, 0.15) is 17.8 Å². The average molecular weight is 617 g/mol. The molecule has 3 saturated heterocycles. The van der Waals surface area contributed by atoms with Crippen molar-refractivity contribution in [3.63, 3.8) is 0 Å². The fourth-order valence-corrected chi connectivity index (χ4v) is 4.94. The number of urea groups is 1. The number of hydrogen-bond donors (Lipinski definition) is 1. The summed E-state index contributed by atoms with van der Waals surface area (Å²) in [5, 5.41) is 2.26. The summed E-state index contributed by atoms with van der Waals surface area (Å²) < 4.78 is 41.7. The molecule has 0 aromatic heterocycles. The van der Waals surface area contributed by atoms with Crippen molar-refractivity contribution in [1.29, 1.82) is 0 Å². The van der Waals surface area contributed by atoms with Crippen LogP contribution in [0.15, 0.2) is 0 Å². The van der Waals surface area contributed by atoms with Gasteiger partial charge in [-0.25, -0.2) is 4.79 Å². The van der Waals surface area contributed by atoms with Crippen LogP contribution in [0.1, 0.15) is 103 Å². The smallest absolute Gasteiger partial charge is 0.325 e. The van der Waals surface area contributed by atoms with Gasteiger partial charge in [0.05, 0.1) is 60.5 Å². The van der Waals surface area contributed by atoms with Crippen LogP contribution in [0.2, 0.25) is 0 Å². The standard InChI is InChI=1S/C18H32N2O6.C14H28O3/c1-11(21)19-15(22)20(8)14-12(25-17(5,6)7)13-18(26-14,9-23-13)10-24-16(2,3)4;1-10-12(17-14(5,6)7)8-11(16-10)9-15-13(2,3)4/h12-14H,9-10H2,1-8H3,(H,19,21,22);10-12H,8-9H2,1-7H3. The van der Waals surface area contributed by atoms with Crippen LogP contribution in [0.25, 0.3) is 0 Å². The van der Waals surface area contributed by atoms with Crippen molar-refractivity contribution in [1.82, 2.24) is 10.2 Å². The number of imide groups is 1. The zero-order valence-corrected chi connectivity index (χ0v) is 29.4. The first kappa shape index (κ1) is 37.8. The van der Waals surface area contributed by atoms with Gasteiger partial charge in [-0.15, -0.1) is 0 Å². The highest BCUT2D eigenvalue weighted by molar-refractivity contribution is 5.93. The molecule has 252 valence electrons. The Labute approximate surface area is 259 Å². The third-order valence-electron chi connectivity index (χ3n) is 6.82. The lowest BCUT2D eigenvalue weighted by Crippen LogP contribution is -2.63. The number of rotatable bonds is 7. The SMILES string of the molecule is CC(=O)NC(=O)N(C)C1OC2(COC(C)(C)C)COC2C1OC(C)(C)C.CC1OC(COC(C)(C)C)CC1OC(C)(C)C. The monoisotopic (exact) mass is 616 g/mol. The van der Waals surface area contributed by atoms with Crippen LogP contribution in [0.3, 0.4) is 0 Å². The second kappa shape index (κ2) is 14.0. The Balaban J connectivity index is 0.000000329. The van der Waals surface area contributed by atoms with Crippen LogP contribution in [-0.4, -0.2) is 108 Å². The number of nitrogens with one attached hydrogen (secondary N) is 1. The van der Waals surface area contributed by atoms with E-state index < -0.39 is 35.5 Å². The predicted octanol–water partition coefficient (Wildman–Crippen LogP) is 4.83. The lowest BCUT2D eigenvalue weighted by Gasteiger charge is -2.45. The molecule has 0 radical (unpaired) electrons. The number of likely N-dealkylation sites (N-methyl/N-ethyl adjacent to an activating group) is 1. The van der Waals surface area contributed by atoms with Gasteiger partial charge in [0.15, 0.2) is 6.23 Å². The molecule has 0 saturated carbocycles. The lowest BCUT2D eigenvalue weighted by atomic mass is 9.90. The highest BCUT2D eigenvalue weighted by Gasteiger charge is 2.65. The topological polar surface area (TPSA) is 114 Å². The van der Waals surface area contributed by atoms with Crippen molar-refractivity contribution >= 4 is 11.9 Å². The van der Waals surface area contributed by atoms with Crippen molar-refractivity contribution in [3.05, 3.63) is 0 Å². The van der Waals surface area contributed by atoms with Gasteiger partial charge >= 0.3 is 6.03 Å². The minimum atomic E-state index is -0.690. The van der Waals surface area contributed by atoms with Crippen molar-refractivity contribution < 1.29 is 42.7 Å². The predicted molar refractivity (Wildman–Crippen MR) is 164 cm³/mol. The van der Waals surface area contributed by atoms with E-state index >= 15 is 0 Å². The molecule has 3 aliphatic heterocycles. The minimum absolute atomic E-state index is 0.102. The second-order valence-electron chi connectivity index (χ2n) is 15.9. The van der Waals surface area contributed by atoms with Crippen molar-refractivity contribution in [3.8, 4) is 0 Å². The summed E-state index contributed by atoms with van der Waals surface area (Å²) >= 11 is 0. The molecule has 0 aromatic rings. The van der Waals surface area contributed by atoms with Gasteiger partial charge in [-0.2, -0.15) is 0 Å². The van der Waals surface area contributed by atoms with Gasteiger partial charge in [0, 0.05) is 20.4 Å². The lowest BCUT2D eigenvalue weighted by molar-refractivity contribution is -0.265. The summed E-state index contributed by atoms with van der Waals surface area (Å²) in [6.45, 7) is 28.9. The molecule has 7 unspecified atom stereocenters. The molecule has 11 nitrogen and oxygen atoms in total. The fraction of sp³-hybridized carbons (Fsp3) is 0.938. The Morgan fingerprint density at radius 2 is 1.44 bits per heavy atom. The molecule has 3 amide bonds. The average Bonchev–Trinajstić information content (AvgIpc) is 3.21. The van der Waals surface area contributed by atoms with Gasteiger partial charge < -0.3 is 33.2 Å². The van der Waals surface area contributed by atoms with E-state index in [4.69, 9.17) is 33.2 Å². The van der Waals surface area contributed by atoms with Gasteiger partial charge in [-0.1, -0.05) is 0 Å². The quantitative estimate of drug-likeness (QED) is 0.430. The molecule has 0 bridgehead atoms. The van der Waals surface area contributed by atoms with Crippen LogP contribution >= 0.6 is 0 Å². The molecule has 3 fully saturated rings. The summed E-state index contributed by atoms with van der Waals surface area (Å²) in [4.78, 5) is 24.9. The minimum Gasteiger partial charge on any atom is -0.373 e. The molecular weight excluding hydrogens is 556 g/mol. The van der Waals surface area contributed by atoms with E-state index in [1.807, 2.05) is 41.5 Å². The van der Waals surface area contributed by atoms with Crippen LogP contribution in [0.5, 0.6) is 0 Å². The molecule has 11 heteroatoms. The van der Waals surface area contributed by atoms with E-state index in [0.29, 0.717) is 19.8 Å². The molecule has 0 aromatic carbocycles. The third kappa shape index (κ3) is 12.2. The number of amides is 3. The Morgan fingerprint density at radius 3 is 1.88 bits per heavy atom. The van der Waals surface area contributed by atoms with Gasteiger partial charge in [0.25, 0.3) is 0 Å². The first-order valence-corrected chi connectivity index (χ1v) is 15.4. The van der Waals surface area contributed by atoms with E-state index in [0.717, 1.165) is 6.42 Å². The van der Waals surface area contributed by atoms with Crippen LogP contribution in [0, 0.1) is 0 Å². The largest absolute Gasteiger partial charge is 0.373 e. The maximum absolute atomic E-state index is 12.3. The fourth-order valence-electron chi connectivity index (χ4n) is 4.94. The van der Waals surface area contributed by atoms with E-state index in [2.05, 4.69) is 53.8 Å². The number of carbonyl (C=O) groups excluding carboxylic acids is 2. The Hall–Kier alpha value is -1.34. The number of fused-ring (bicyclic) bond motifs is 1. The van der Waals surface area contributed by atoms with Gasteiger partial charge in [-0.3, -0.25) is 15.0 Å². The molecule has 3 rings (SSSR count). The molecule has 3 aliphatic rings. The number of nitrogens with zero attached hydrogens (tertiary/aromatic N) is 1. The Morgan fingerprint density at radius 1 is 0.884 bits per heavy atom. The van der Waals surface area contributed by atoms with Crippen LogP contribution in [-0.2, 0) is 38.0 Å². The van der Waals surface area contributed by atoms with Gasteiger partial charge in [-0.05, 0) is 90.0 Å². The maximum Gasteiger partial charge on any atom is 0.325 e. The summed E-state index contributed by atoms with van der Waals surface area (Å²) in [5.41, 5.74) is -1.66. The second-order valence-corrected chi connectivity index (χ2v) is 15.9.